The zero-order chi connectivity index (χ0) is 13.1. The smallest absolute Gasteiger partial charge is 0.254 e. The molecule has 0 spiro atoms. The largest absolute Gasteiger partial charge is 0.368 e. The van der Waals surface area contributed by atoms with Crippen LogP contribution in [0.3, 0.4) is 0 Å². The SMILES string of the molecule is NC(=O)C1CCCCN1C(=O)c1cccc(I)c1. The lowest BCUT2D eigenvalue weighted by atomic mass is 10.0. The van der Waals surface area contributed by atoms with E-state index in [0.29, 0.717) is 18.5 Å². The summed E-state index contributed by atoms with van der Waals surface area (Å²) in [4.78, 5) is 25.4. The number of carbonyl (C=O) groups is 2. The maximum absolute atomic E-state index is 12.4. The Morgan fingerprint density at radius 2 is 2.11 bits per heavy atom. The van der Waals surface area contributed by atoms with E-state index in [1.54, 1.807) is 11.0 Å². The Morgan fingerprint density at radius 3 is 2.78 bits per heavy atom. The van der Waals surface area contributed by atoms with Gasteiger partial charge in [0.2, 0.25) is 5.91 Å². The van der Waals surface area contributed by atoms with Gasteiger partial charge in [0.15, 0.2) is 0 Å². The van der Waals surface area contributed by atoms with Crippen molar-refractivity contribution >= 4 is 34.4 Å². The molecule has 0 bridgehead atoms. The van der Waals surface area contributed by atoms with Gasteiger partial charge in [-0.2, -0.15) is 0 Å². The molecular formula is C13H15IN2O2. The summed E-state index contributed by atoms with van der Waals surface area (Å²) in [6.07, 6.45) is 2.55. The maximum Gasteiger partial charge on any atom is 0.254 e. The predicted molar refractivity (Wildman–Crippen MR) is 77.0 cm³/mol. The molecule has 2 amide bonds. The fraction of sp³-hybridized carbons (Fsp3) is 0.385. The average Bonchev–Trinajstić information content (AvgIpc) is 2.38. The van der Waals surface area contributed by atoms with Crippen LogP contribution in [0.4, 0.5) is 0 Å². The highest BCUT2D eigenvalue weighted by atomic mass is 127. The number of carbonyl (C=O) groups excluding carboxylic acids is 2. The molecule has 4 nitrogen and oxygen atoms in total. The molecule has 0 saturated carbocycles. The lowest BCUT2D eigenvalue weighted by molar-refractivity contribution is -0.123. The molecule has 1 aliphatic heterocycles. The minimum Gasteiger partial charge on any atom is -0.368 e. The number of piperidine rings is 1. The van der Waals surface area contributed by atoms with Crippen molar-refractivity contribution in [2.75, 3.05) is 6.54 Å². The van der Waals surface area contributed by atoms with Gasteiger partial charge in [-0.25, -0.2) is 0 Å². The number of amides is 2. The van der Waals surface area contributed by atoms with Gasteiger partial charge in [0, 0.05) is 15.7 Å². The maximum atomic E-state index is 12.4. The molecule has 18 heavy (non-hydrogen) atoms. The molecule has 1 aromatic rings. The minimum atomic E-state index is -0.455. The van der Waals surface area contributed by atoms with Gasteiger partial charge in [-0.05, 0) is 60.1 Å². The number of nitrogens with two attached hydrogens (primary N) is 1. The molecular weight excluding hydrogens is 343 g/mol. The number of primary amides is 1. The van der Waals surface area contributed by atoms with Crippen molar-refractivity contribution in [1.29, 1.82) is 0 Å². The van der Waals surface area contributed by atoms with E-state index >= 15 is 0 Å². The van der Waals surface area contributed by atoms with E-state index in [1.807, 2.05) is 18.2 Å². The van der Waals surface area contributed by atoms with Crippen LogP contribution in [0.15, 0.2) is 24.3 Å². The van der Waals surface area contributed by atoms with Crippen LogP contribution in [-0.4, -0.2) is 29.3 Å². The molecule has 5 heteroatoms. The number of nitrogens with zero attached hydrogens (tertiary/aromatic N) is 1. The van der Waals surface area contributed by atoms with Crippen molar-refractivity contribution in [2.45, 2.75) is 25.3 Å². The topological polar surface area (TPSA) is 63.4 Å². The first-order valence-electron chi connectivity index (χ1n) is 5.95. The van der Waals surface area contributed by atoms with Gasteiger partial charge in [-0.1, -0.05) is 6.07 Å². The summed E-state index contributed by atoms with van der Waals surface area (Å²) >= 11 is 2.17. The fourth-order valence-electron chi connectivity index (χ4n) is 2.26. The summed E-state index contributed by atoms with van der Waals surface area (Å²) in [6.45, 7) is 0.609. The molecule has 1 heterocycles. The van der Waals surface area contributed by atoms with E-state index in [-0.39, 0.29) is 5.91 Å². The molecule has 0 aromatic heterocycles. The summed E-state index contributed by atoms with van der Waals surface area (Å²) in [5.74, 6) is -0.509. The quantitative estimate of drug-likeness (QED) is 0.820. The zero-order valence-electron chi connectivity index (χ0n) is 9.93. The third-order valence-corrected chi connectivity index (χ3v) is 3.83. The average molecular weight is 358 g/mol. The van der Waals surface area contributed by atoms with Crippen molar-refractivity contribution in [2.24, 2.45) is 5.73 Å². The van der Waals surface area contributed by atoms with Gasteiger partial charge >= 0.3 is 0 Å². The van der Waals surface area contributed by atoms with E-state index in [4.69, 9.17) is 5.73 Å². The van der Waals surface area contributed by atoms with Gasteiger partial charge in [-0.15, -0.1) is 0 Å². The van der Waals surface area contributed by atoms with Crippen LogP contribution in [0.25, 0.3) is 0 Å². The van der Waals surface area contributed by atoms with E-state index in [9.17, 15) is 9.59 Å². The van der Waals surface area contributed by atoms with Crippen molar-refractivity contribution in [3.05, 3.63) is 33.4 Å². The number of rotatable bonds is 2. The first-order chi connectivity index (χ1) is 8.59. The van der Waals surface area contributed by atoms with Crippen molar-refractivity contribution in [3.63, 3.8) is 0 Å². The van der Waals surface area contributed by atoms with E-state index < -0.39 is 11.9 Å². The van der Waals surface area contributed by atoms with Crippen LogP contribution in [0.5, 0.6) is 0 Å². The van der Waals surface area contributed by atoms with Gasteiger partial charge in [0.05, 0.1) is 0 Å². The van der Waals surface area contributed by atoms with Crippen molar-refractivity contribution < 1.29 is 9.59 Å². The Bertz CT molecular complexity index is 476. The van der Waals surface area contributed by atoms with Gasteiger partial charge in [0.25, 0.3) is 5.91 Å². The number of hydrogen-bond donors (Lipinski definition) is 1. The van der Waals surface area contributed by atoms with Gasteiger partial charge in [-0.3, -0.25) is 9.59 Å². The monoisotopic (exact) mass is 358 g/mol. The summed E-state index contributed by atoms with van der Waals surface area (Å²) < 4.78 is 1.01. The summed E-state index contributed by atoms with van der Waals surface area (Å²) in [5, 5.41) is 0. The van der Waals surface area contributed by atoms with Crippen LogP contribution in [0.1, 0.15) is 29.6 Å². The van der Waals surface area contributed by atoms with Crippen LogP contribution >= 0.6 is 22.6 Å². The molecule has 1 aromatic carbocycles. The minimum absolute atomic E-state index is 0.1000. The van der Waals surface area contributed by atoms with Gasteiger partial charge in [0.1, 0.15) is 6.04 Å². The molecule has 96 valence electrons. The van der Waals surface area contributed by atoms with Crippen LogP contribution in [-0.2, 0) is 4.79 Å². The summed E-state index contributed by atoms with van der Waals surface area (Å²) in [6, 6.07) is 6.92. The third kappa shape index (κ3) is 2.82. The Morgan fingerprint density at radius 1 is 1.33 bits per heavy atom. The fourth-order valence-corrected chi connectivity index (χ4v) is 2.80. The molecule has 1 fully saturated rings. The Labute approximate surface area is 120 Å². The Balaban J connectivity index is 2.23. The van der Waals surface area contributed by atoms with Crippen LogP contribution in [0, 0.1) is 3.57 Å². The Hall–Kier alpha value is -1.11. The normalized spacial score (nSPS) is 19.6. The molecule has 1 aliphatic rings. The molecule has 1 atom stereocenters. The summed E-state index contributed by atoms with van der Waals surface area (Å²) in [5.41, 5.74) is 5.99. The van der Waals surface area contributed by atoms with E-state index in [0.717, 1.165) is 16.4 Å². The highest BCUT2D eigenvalue weighted by Gasteiger charge is 2.31. The molecule has 0 aliphatic carbocycles. The first kappa shape index (κ1) is 13.3. The Kier molecular flexibility index (Phi) is 4.21. The second-order valence-electron chi connectivity index (χ2n) is 4.42. The first-order valence-corrected chi connectivity index (χ1v) is 7.03. The molecule has 1 saturated heterocycles. The van der Waals surface area contributed by atoms with Crippen molar-refractivity contribution in [1.82, 2.24) is 4.90 Å². The zero-order valence-corrected chi connectivity index (χ0v) is 12.1. The number of hydrogen-bond acceptors (Lipinski definition) is 2. The van der Waals surface area contributed by atoms with Crippen LogP contribution in [0.2, 0.25) is 0 Å². The standard InChI is InChI=1S/C13H15IN2O2/c14-10-5-3-4-9(8-10)13(18)16-7-2-1-6-11(16)12(15)17/h3-5,8,11H,1-2,6-7H2,(H2,15,17). The van der Waals surface area contributed by atoms with E-state index in [1.165, 1.54) is 0 Å². The molecule has 1 unspecified atom stereocenters. The van der Waals surface area contributed by atoms with Gasteiger partial charge < -0.3 is 10.6 Å². The predicted octanol–water partition coefficient (Wildman–Crippen LogP) is 1.77. The molecule has 2 rings (SSSR count). The second kappa shape index (κ2) is 5.69. The number of likely N-dealkylation sites (tertiary alicyclic amines) is 1. The number of halogens is 1. The number of benzene rings is 1. The van der Waals surface area contributed by atoms with E-state index in [2.05, 4.69) is 22.6 Å². The summed E-state index contributed by atoms with van der Waals surface area (Å²) in [7, 11) is 0. The molecule has 2 N–H and O–H groups in total. The van der Waals surface area contributed by atoms with Crippen molar-refractivity contribution in [3.8, 4) is 0 Å². The highest BCUT2D eigenvalue weighted by molar-refractivity contribution is 14.1. The third-order valence-electron chi connectivity index (χ3n) is 3.16. The highest BCUT2D eigenvalue weighted by Crippen LogP contribution is 2.20. The lowest BCUT2D eigenvalue weighted by Gasteiger charge is -2.33. The second-order valence-corrected chi connectivity index (χ2v) is 5.67. The van der Waals surface area contributed by atoms with Crippen LogP contribution < -0.4 is 5.73 Å². The molecule has 0 radical (unpaired) electrons. The lowest BCUT2D eigenvalue weighted by Crippen LogP contribution is -2.50.